The average Bonchev–Trinajstić information content (AvgIpc) is 2.87. The molecule has 124 valence electrons. The Morgan fingerprint density at radius 1 is 1.27 bits per heavy atom. The lowest BCUT2D eigenvalue weighted by molar-refractivity contribution is 0.0590. The molecule has 0 amide bonds. The summed E-state index contributed by atoms with van der Waals surface area (Å²) in [7, 11) is 3.30. The van der Waals surface area contributed by atoms with Gasteiger partial charge in [0.15, 0.2) is 0 Å². The maximum Gasteiger partial charge on any atom is 0.354 e. The van der Waals surface area contributed by atoms with Crippen molar-refractivity contribution in [2.75, 3.05) is 7.11 Å². The van der Waals surface area contributed by atoms with E-state index in [2.05, 4.69) is 20.4 Å². The van der Waals surface area contributed by atoms with Crippen molar-refractivity contribution in [3.63, 3.8) is 0 Å². The van der Waals surface area contributed by atoms with E-state index in [0.29, 0.717) is 11.6 Å². The molecule has 1 aromatic rings. The average molecular weight is 305 g/mol. The summed E-state index contributed by atoms with van der Waals surface area (Å²) in [4.78, 5) is 11.7. The van der Waals surface area contributed by atoms with Gasteiger partial charge in [-0.25, -0.2) is 4.79 Å². The van der Waals surface area contributed by atoms with Crippen LogP contribution in [0, 0.1) is 5.92 Å². The van der Waals surface area contributed by atoms with E-state index in [9.17, 15) is 4.79 Å². The number of unbranched alkanes of at least 4 members (excludes halogenated alkanes) is 2. The Bertz CT molecular complexity index is 480. The molecule has 0 fully saturated rings. The molecule has 1 heterocycles. The Kier molecular flexibility index (Phi) is 8.00. The molecule has 0 aliphatic heterocycles. The van der Waals surface area contributed by atoms with Crippen LogP contribution >= 0.6 is 0 Å². The number of methoxy groups -OCH3 is 1. The summed E-state index contributed by atoms with van der Waals surface area (Å²) in [6.07, 6.45) is 10.3. The maximum atomic E-state index is 11.7. The predicted octanol–water partition coefficient (Wildman–Crippen LogP) is 4.91. The quantitative estimate of drug-likeness (QED) is 0.454. The van der Waals surface area contributed by atoms with Crippen LogP contribution in [-0.2, 0) is 18.2 Å². The molecule has 0 spiro atoms. The first-order valence-electron chi connectivity index (χ1n) is 8.44. The number of aromatic nitrogens is 1. The minimum Gasteiger partial charge on any atom is -0.464 e. The van der Waals surface area contributed by atoms with Gasteiger partial charge in [-0.15, -0.1) is 0 Å². The third-order valence-electron chi connectivity index (χ3n) is 4.28. The Labute approximate surface area is 135 Å². The molecule has 0 aliphatic rings. The normalized spacial score (nSPS) is 11.0. The van der Waals surface area contributed by atoms with Crippen molar-refractivity contribution in [2.24, 2.45) is 13.0 Å². The highest BCUT2D eigenvalue weighted by atomic mass is 16.5. The zero-order chi connectivity index (χ0) is 16.5. The van der Waals surface area contributed by atoms with Gasteiger partial charge < -0.3 is 9.30 Å². The molecule has 0 saturated heterocycles. The molecule has 0 saturated carbocycles. The van der Waals surface area contributed by atoms with Gasteiger partial charge >= 0.3 is 5.97 Å². The van der Waals surface area contributed by atoms with Crippen LogP contribution in [0.15, 0.2) is 24.4 Å². The number of rotatable bonds is 10. The van der Waals surface area contributed by atoms with Crippen molar-refractivity contribution in [3.8, 4) is 0 Å². The number of allylic oxidation sites excluding steroid dienone is 1. The summed E-state index contributed by atoms with van der Waals surface area (Å²) < 4.78 is 6.64. The highest BCUT2D eigenvalue weighted by Crippen LogP contribution is 2.26. The Morgan fingerprint density at radius 2 is 1.86 bits per heavy atom. The van der Waals surface area contributed by atoms with E-state index in [1.807, 2.05) is 23.9 Å². The van der Waals surface area contributed by atoms with Crippen LogP contribution in [0.3, 0.4) is 0 Å². The number of aryl methyl sites for hydroxylation is 1. The zero-order valence-corrected chi connectivity index (χ0v) is 14.7. The van der Waals surface area contributed by atoms with Crippen molar-refractivity contribution in [3.05, 3.63) is 35.7 Å². The number of hydrogen-bond donors (Lipinski definition) is 0. The number of ether oxygens (including phenoxy) is 1. The fraction of sp³-hybridized carbons (Fsp3) is 0.632. The Morgan fingerprint density at radius 3 is 2.36 bits per heavy atom. The SMILES string of the molecule is C=C(Cc1cc(C(=O)OC)n(C)c1)C(CCCC)CCCC. The predicted molar refractivity (Wildman–Crippen MR) is 92.1 cm³/mol. The van der Waals surface area contributed by atoms with E-state index in [4.69, 9.17) is 4.74 Å². The molecule has 0 N–H and O–H groups in total. The molecule has 0 atom stereocenters. The number of nitrogens with zero attached hydrogens (tertiary/aromatic N) is 1. The second-order valence-electron chi connectivity index (χ2n) is 6.15. The van der Waals surface area contributed by atoms with Gasteiger partial charge in [-0.3, -0.25) is 0 Å². The lowest BCUT2D eigenvalue weighted by Gasteiger charge is -2.19. The Hall–Kier alpha value is -1.51. The number of carbonyl (C=O) groups is 1. The van der Waals surface area contributed by atoms with E-state index >= 15 is 0 Å². The van der Waals surface area contributed by atoms with Crippen LogP contribution in [0.2, 0.25) is 0 Å². The van der Waals surface area contributed by atoms with Crippen LogP contribution in [-0.4, -0.2) is 17.6 Å². The van der Waals surface area contributed by atoms with Crippen LogP contribution in [0.4, 0.5) is 0 Å². The number of esters is 1. The maximum absolute atomic E-state index is 11.7. The highest BCUT2D eigenvalue weighted by molar-refractivity contribution is 5.87. The molecule has 0 aromatic carbocycles. The minimum absolute atomic E-state index is 0.284. The summed E-state index contributed by atoms with van der Waals surface area (Å²) in [6, 6.07) is 1.92. The monoisotopic (exact) mass is 305 g/mol. The zero-order valence-electron chi connectivity index (χ0n) is 14.7. The van der Waals surface area contributed by atoms with Gasteiger partial charge in [0, 0.05) is 13.2 Å². The van der Waals surface area contributed by atoms with Crippen molar-refractivity contribution in [1.29, 1.82) is 0 Å². The Balaban J connectivity index is 2.73. The fourth-order valence-corrected chi connectivity index (χ4v) is 2.90. The van der Waals surface area contributed by atoms with E-state index in [-0.39, 0.29) is 5.97 Å². The number of hydrogen-bond acceptors (Lipinski definition) is 2. The molecule has 0 aliphatic carbocycles. The highest BCUT2D eigenvalue weighted by Gasteiger charge is 2.16. The largest absolute Gasteiger partial charge is 0.464 e. The smallest absolute Gasteiger partial charge is 0.354 e. The van der Waals surface area contributed by atoms with Crippen LogP contribution in [0.5, 0.6) is 0 Å². The van der Waals surface area contributed by atoms with E-state index in [1.165, 1.54) is 51.2 Å². The topological polar surface area (TPSA) is 31.2 Å². The van der Waals surface area contributed by atoms with Gasteiger partial charge in [-0.1, -0.05) is 51.7 Å². The number of carbonyl (C=O) groups excluding carboxylic acids is 1. The van der Waals surface area contributed by atoms with Crippen molar-refractivity contribution in [2.45, 2.75) is 58.8 Å². The van der Waals surface area contributed by atoms with E-state index < -0.39 is 0 Å². The molecular weight excluding hydrogens is 274 g/mol. The summed E-state index contributed by atoms with van der Waals surface area (Å²) in [6.45, 7) is 8.81. The molecule has 0 radical (unpaired) electrons. The van der Waals surface area contributed by atoms with Gasteiger partial charge in [0.2, 0.25) is 0 Å². The minimum atomic E-state index is -0.284. The summed E-state index contributed by atoms with van der Waals surface area (Å²) in [5, 5.41) is 0. The lowest BCUT2D eigenvalue weighted by atomic mass is 9.87. The van der Waals surface area contributed by atoms with Gasteiger partial charge in [-0.2, -0.15) is 0 Å². The summed E-state index contributed by atoms with van der Waals surface area (Å²) in [5.41, 5.74) is 3.04. The molecule has 0 bridgehead atoms. The van der Waals surface area contributed by atoms with Crippen LogP contribution < -0.4 is 0 Å². The standard InChI is InChI=1S/C19H31NO2/c1-6-8-10-17(11-9-7-2)15(3)12-16-13-18(19(21)22-5)20(4)14-16/h13-14,17H,3,6-12H2,1-2,4-5H3. The van der Waals surface area contributed by atoms with Gasteiger partial charge in [0.1, 0.15) is 5.69 Å². The van der Waals surface area contributed by atoms with E-state index in [0.717, 1.165) is 12.0 Å². The van der Waals surface area contributed by atoms with Crippen LogP contribution in [0.25, 0.3) is 0 Å². The van der Waals surface area contributed by atoms with Gasteiger partial charge in [0.25, 0.3) is 0 Å². The second kappa shape index (κ2) is 9.50. The molecule has 22 heavy (non-hydrogen) atoms. The van der Waals surface area contributed by atoms with Gasteiger partial charge in [-0.05, 0) is 36.8 Å². The van der Waals surface area contributed by atoms with Crippen molar-refractivity contribution in [1.82, 2.24) is 4.57 Å². The molecule has 3 heteroatoms. The molecular formula is C19H31NO2. The summed E-state index contributed by atoms with van der Waals surface area (Å²) in [5.74, 6) is 0.314. The third-order valence-corrected chi connectivity index (χ3v) is 4.28. The first-order valence-corrected chi connectivity index (χ1v) is 8.44. The molecule has 3 nitrogen and oxygen atoms in total. The lowest BCUT2D eigenvalue weighted by Crippen LogP contribution is -2.06. The van der Waals surface area contributed by atoms with Crippen LogP contribution in [0.1, 0.15) is 68.4 Å². The molecule has 1 aromatic heterocycles. The second-order valence-corrected chi connectivity index (χ2v) is 6.15. The molecule has 0 unspecified atom stereocenters. The molecule has 1 rings (SSSR count). The van der Waals surface area contributed by atoms with Gasteiger partial charge in [0.05, 0.1) is 7.11 Å². The fourth-order valence-electron chi connectivity index (χ4n) is 2.90. The van der Waals surface area contributed by atoms with E-state index in [1.54, 1.807) is 0 Å². The first-order chi connectivity index (χ1) is 10.5. The summed E-state index contributed by atoms with van der Waals surface area (Å²) >= 11 is 0. The third kappa shape index (κ3) is 5.36. The van der Waals surface area contributed by atoms with Crippen molar-refractivity contribution < 1.29 is 9.53 Å². The van der Waals surface area contributed by atoms with Crippen molar-refractivity contribution >= 4 is 5.97 Å². The first kappa shape index (κ1) is 18.5.